The molecule has 3 aromatic rings. The van der Waals surface area contributed by atoms with Crippen LogP contribution in [0.2, 0.25) is 0 Å². The zero-order chi connectivity index (χ0) is 21.3. The van der Waals surface area contributed by atoms with Crippen molar-refractivity contribution in [2.24, 2.45) is 0 Å². The molecule has 30 heavy (non-hydrogen) atoms. The Labute approximate surface area is 173 Å². The van der Waals surface area contributed by atoms with Gasteiger partial charge in [0.15, 0.2) is 6.61 Å². The fraction of sp³-hybridized carbons (Fsp3) is 0.130. The van der Waals surface area contributed by atoms with Crippen molar-refractivity contribution in [3.05, 3.63) is 112 Å². The van der Waals surface area contributed by atoms with Gasteiger partial charge in [0.25, 0.3) is 11.6 Å². The normalized spacial score (nSPS) is 10.3. The predicted octanol–water partition coefficient (Wildman–Crippen LogP) is 3.98. The standard InChI is InChI=1S/C23H20N2O5/c26-22(17-30-23(27)20-11-13-21(14-12-20)25(28)29)24(15-18-7-3-1-4-8-18)16-19-9-5-2-6-10-19/h1-14H,15-17H2. The van der Waals surface area contributed by atoms with Gasteiger partial charge >= 0.3 is 5.97 Å². The van der Waals surface area contributed by atoms with Gasteiger partial charge in [-0.2, -0.15) is 0 Å². The van der Waals surface area contributed by atoms with Crippen LogP contribution in [-0.2, 0) is 22.6 Å². The topological polar surface area (TPSA) is 89.8 Å². The molecule has 0 saturated carbocycles. The molecular formula is C23H20N2O5. The summed E-state index contributed by atoms with van der Waals surface area (Å²) in [5.74, 6) is -1.05. The largest absolute Gasteiger partial charge is 0.452 e. The number of hydrogen-bond acceptors (Lipinski definition) is 5. The van der Waals surface area contributed by atoms with Crippen molar-refractivity contribution in [2.75, 3.05) is 6.61 Å². The number of nitrogens with zero attached hydrogens (tertiary/aromatic N) is 2. The molecule has 0 bridgehead atoms. The quantitative estimate of drug-likeness (QED) is 0.322. The lowest BCUT2D eigenvalue weighted by molar-refractivity contribution is -0.384. The average molecular weight is 404 g/mol. The molecule has 3 rings (SSSR count). The molecule has 0 spiro atoms. The van der Waals surface area contributed by atoms with Gasteiger partial charge in [-0.25, -0.2) is 4.79 Å². The van der Waals surface area contributed by atoms with Crippen LogP contribution in [0.1, 0.15) is 21.5 Å². The molecular weight excluding hydrogens is 384 g/mol. The highest BCUT2D eigenvalue weighted by Gasteiger charge is 2.18. The number of amides is 1. The third-order valence-corrected chi connectivity index (χ3v) is 4.43. The van der Waals surface area contributed by atoms with E-state index in [9.17, 15) is 19.7 Å². The molecule has 0 saturated heterocycles. The minimum absolute atomic E-state index is 0.125. The second-order valence-corrected chi connectivity index (χ2v) is 6.60. The van der Waals surface area contributed by atoms with E-state index in [1.54, 1.807) is 4.90 Å². The van der Waals surface area contributed by atoms with Gasteiger partial charge < -0.3 is 9.64 Å². The fourth-order valence-electron chi connectivity index (χ4n) is 2.86. The van der Waals surface area contributed by atoms with Gasteiger partial charge in [-0.3, -0.25) is 14.9 Å². The van der Waals surface area contributed by atoms with E-state index in [1.807, 2.05) is 60.7 Å². The molecule has 0 radical (unpaired) electrons. The molecule has 0 aliphatic heterocycles. The Balaban J connectivity index is 1.66. The third-order valence-electron chi connectivity index (χ3n) is 4.43. The van der Waals surface area contributed by atoms with Crippen LogP contribution in [0.5, 0.6) is 0 Å². The minimum atomic E-state index is -0.711. The first kappa shape index (κ1) is 20.7. The summed E-state index contributed by atoms with van der Waals surface area (Å²) in [5.41, 5.74) is 1.94. The zero-order valence-corrected chi connectivity index (χ0v) is 16.1. The Morgan fingerprint density at radius 3 is 1.77 bits per heavy atom. The van der Waals surface area contributed by atoms with E-state index in [-0.39, 0.29) is 17.2 Å². The van der Waals surface area contributed by atoms with E-state index >= 15 is 0 Å². The van der Waals surface area contributed by atoms with Crippen molar-refractivity contribution >= 4 is 17.6 Å². The van der Waals surface area contributed by atoms with Crippen LogP contribution in [0.25, 0.3) is 0 Å². The van der Waals surface area contributed by atoms with Crippen molar-refractivity contribution in [3.8, 4) is 0 Å². The molecule has 0 fully saturated rings. The molecule has 0 aliphatic carbocycles. The van der Waals surface area contributed by atoms with Crippen LogP contribution in [0.4, 0.5) is 5.69 Å². The van der Waals surface area contributed by atoms with Crippen molar-refractivity contribution in [3.63, 3.8) is 0 Å². The summed E-state index contributed by atoms with van der Waals surface area (Å²) < 4.78 is 5.15. The second-order valence-electron chi connectivity index (χ2n) is 6.60. The molecule has 3 aromatic carbocycles. The Bertz CT molecular complexity index is 963. The summed E-state index contributed by atoms with van der Waals surface area (Å²) in [6, 6.07) is 24.1. The van der Waals surface area contributed by atoms with Gasteiger partial charge in [0.05, 0.1) is 10.5 Å². The number of rotatable bonds is 8. The van der Waals surface area contributed by atoms with Gasteiger partial charge in [0, 0.05) is 25.2 Å². The number of esters is 1. The van der Waals surface area contributed by atoms with Crippen LogP contribution >= 0.6 is 0 Å². The molecule has 0 atom stereocenters. The molecule has 7 heteroatoms. The maximum atomic E-state index is 12.8. The number of nitro benzene ring substituents is 1. The summed E-state index contributed by atoms with van der Waals surface area (Å²) in [6.07, 6.45) is 0. The summed E-state index contributed by atoms with van der Waals surface area (Å²) in [4.78, 5) is 36.8. The van der Waals surface area contributed by atoms with E-state index in [2.05, 4.69) is 0 Å². The minimum Gasteiger partial charge on any atom is -0.452 e. The number of non-ortho nitro benzene ring substituents is 1. The molecule has 0 aliphatic rings. The Morgan fingerprint density at radius 2 is 1.30 bits per heavy atom. The number of carbonyl (C=O) groups is 2. The van der Waals surface area contributed by atoms with E-state index in [0.29, 0.717) is 13.1 Å². The Kier molecular flexibility index (Phi) is 6.89. The zero-order valence-electron chi connectivity index (χ0n) is 16.1. The van der Waals surface area contributed by atoms with Crippen molar-refractivity contribution in [1.82, 2.24) is 4.90 Å². The molecule has 7 nitrogen and oxygen atoms in total. The number of carbonyl (C=O) groups excluding carboxylic acids is 2. The lowest BCUT2D eigenvalue weighted by atomic mass is 10.1. The maximum Gasteiger partial charge on any atom is 0.338 e. The molecule has 0 unspecified atom stereocenters. The Hall–Kier alpha value is -4.00. The lowest BCUT2D eigenvalue weighted by Crippen LogP contribution is -2.33. The smallest absolute Gasteiger partial charge is 0.338 e. The van der Waals surface area contributed by atoms with Crippen LogP contribution in [0.3, 0.4) is 0 Å². The highest BCUT2D eigenvalue weighted by Crippen LogP contribution is 2.14. The van der Waals surface area contributed by atoms with Gasteiger partial charge in [0.2, 0.25) is 0 Å². The lowest BCUT2D eigenvalue weighted by Gasteiger charge is -2.23. The number of nitro groups is 1. The van der Waals surface area contributed by atoms with Crippen LogP contribution < -0.4 is 0 Å². The van der Waals surface area contributed by atoms with Gasteiger partial charge in [0.1, 0.15) is 0 Å². The first-order valence-electron chi connectivity index (χ1n) is 9.30. The van der Waals surface area contributed by atoms with E-state index in [0.717, 1.165) is 11.1 Å². The van der Waals surface area contributed by atoms with Crippen LogP contribution in [0.15, 0.2) is 84.9 Å². The molecule has 0 aromatic heterocycles. The van der Waals surface area contributed by atoms with Gasteiger partial charge in [-0.1, -0.05) is 60.7 Å². The number of ether oxygens (including phenoxy) is 1. The van der Waals surface area contributed by atoms with Crippen molar-refractivity contribution in [2.45, 2.75) is 13.1 Å². The highest BCUT2D eigenvalue weighted by atomic mass is 16.6. The summed E-state index contributed by atoms with van der Waals surface area (Å²) >= 11 is 0. The van der Waals surface area contributed by atoms with Gasteiger partial charge in [-0.05, 0) is 23.3 Å². The second kappa shape index (κ2) is 9.97. The van der Waals surface area contributed by atoms with E-state index < -0.39 is 17.5 Å². The predicted molar refractivity (Wildman–Crippen MR) is 111 cm³/mol. The summed E-state index contributed by atoms with van der Waals surface area (Å²) in [7, 11) is 0. The first-order chi connectivity index (χ1) is 14.5. The van der Waals surface area contributed by atoms with E-state index in [4.69, 9.17) is 4.74 Å². The van der Waals surface area contributed by atoms with Crippen LogP contribution in [-0.4, -0.2) is 28.3 Å². The van der Waals surface area contributed by atoms with Crippen LogP contribution in [0, 0.1) is 10.1 Å². The summed E-state index contributed by atoms with van der Waals surface area (Å²) in [5, 5.41) is 10.7. The Morgan fingerprint density at radius 1 is 0.800 bits per heavy atom. The molecule has 152 valence electrons. The number of hydrogen-bond donors (Lipinski definition) is 0. The SMILES string of the molecule is O=C(OCC(=O)N(Cc1ccccc1)Cc1ccccc1)c1ccc([N+](=O)[O-])cc1. The fourth-order valence-corrected chi connectivity index (χ4v) is 2.86. The van der Waals surface area contributed by atoms with Crippen molar-refractivity contribution in [1.29, 1.82) is 0 Å². The van der Waals surface area contributed by atoms with Crippen molar-refractivity contribution < 1.29 is 19.2 Å². The summed E-state index contributed by atoms with van der Waals surface area (Å²) in [6.45, 7) is 0.336. The average Bonchev–Trinajstić information content (AvgIpc) is 2.78. The number of benzene rings is 3. The van der Waals surface area contributed by atoms with E-state index in [1.165, 1.54) is 24.3 Å². The maximum absolute atomic E-state index is 12.8. The molecule has 1 amide bonds. The molecule has 0 N–H and O–H groups in total. The first-order valence-corrected chi connectivity index (χ1v) is 9.30. The monoisotopic (exact) mass is 404 g/mol. The van der Waals surface area contributed by atoms with Gasteiger partial charge in [-0.15, -0.1) is 0 Å². The highest BCUT2D eigenvalue weighted by molar-refractivity contribution is 5.91. The molecule has 0 heterocycles. The third kappa shape index (κ3) is 5.75.